The number of hydrogen-bond acceptors (Lipinski definition) is 5. The lowest BCUT2D eigenvalue weighted by atomic mass is 10.1. The normalized spacial score (nSPS) is 18.7. The average molecular weight is 337 g/mol. The highest BCUT2D eigenvalue weighted by molar-refractivity contribution is 5.92. The Hall–Kier alpha value is -2.09. The van der Waals surface area contributed by atoms with Crippen molar-refractivity contribution in [2.45, 2.75) is 39.3 Å². The number of aryl methyl sites for hydroxylation is 2. The van der Waals surface area contributed by atoms with Gasteiger partial charge >= 0.3 is 6.09 Å². The van der Waals surface area contributed by atoms with Crippen LogP contribution in [-0.2, 0) is 11.8 Å². The fourth-order valence-corrected chi connectivity index (χ4v) is 2.63. The second-order valence-electron chi connectivity index (χ2n) is 7.11. The van der Waals surface area contributed by atoms with Gasteiger partial charge in [0.05, 0.1) is 6.04 Å². The molecular weight excluding hydrogens is 310 g/mol. The van der Waals surface area contributed by atoms with Gasteiger partial charge in [-0.2, -0.15) is 5.10 Å². The predicted octanol–water partition coefficient (Wildman–Crippen LogP) is 0.749. The second-order valence-corrected chi connectivity index (χ2v) is 7.11. The summed E-state index contributed by atoms with van der Waals surface area (Å²) in [5.41, 5.74) is 6.60. The number of ether oxygens (including phenoxy) is 1. The van der Waals surface area contributed by atoms with Crippen LogP contribution in [0.25, 0.3) is 0 Å². The molecular formula is C16H27N5O3. The number of nitrogens with two attached hydrogens (primary N) is 1. The maximum atomic E-state index is 12.7. The quantitative estimate of drug-likeness (QED) is 0.859. The zero-order valence-corrected chi connectivity index (χ0v) is 15.1. The van der Waals surface area contributed by atoms with E-state index in [0.29, 0.717) is 25.3 Å². The zero-order valence-electron chi connectivity index (χ0n) is 15.1. The Morgan fingerprint density at radius 3 is 2.54 bits per heavy atom. The molecule has 0 aliphatic carbocycles. The molecule has 8 nitrogen and oxygen atoms in total. The van der Waals surface area contributed by atoms with E-state index < -0.39 is 5.60 Å². The Balaban J connectivity index is 2.07. The summed E-state index contributed by atoms with van der Waals surface area (Å²) in [6.45, 7) is 8.85. The van der Waals surface area contributed by atoms with Gasteiger partial charge < -0.3 is 20.3 Å². The molecule has 1 atom stereocenters. The lowest BCUT2D eigenvalue weighted by molar-refractivity contribution is 0.00515. The topological polar surface area (TPSA) is 93.7 Å². The first kappa shape index (κ1) is 18.3. The van der Waals surface area contributed by atoms with Crippen LogP contribution >= 0.6 is 0 Å². The highest BCUT2D eigenvalue weighted by Gasteiger charge is 2.34. The van der Waals surface area contributed by atoms with Crippen LogP contribution in [0.4, 0.5) is 4.79 Å². The standard InChI is InChI=1S/C16H27N5O3/c1-11-8-13(18-19(11)5)14(22)21-7-6-20(10-12(21)9-17)15(23)24-16(2,3)4/h8,12H,6-7,9-10,17H2,1-5H3. The molecule has 0 spiro atoms. The summed E-state index contributed by atoms with van der Waals surface area (Å²) in [5.74, 6) is -0.155. The summed E-state index contributed by atoms with van der Waals surface area (Å²) < 4.78 is 7.06. The Morgan fingerprint density at radius 1 is 1.38 bits per heavy atom. The van der Waals surface area contributed by atoms with Gasteiger partial charge in [0.1, 0.15) is 5.60 Å². The molecule has 1 fully saturated rings. The first-order valence-electron chi connectivity index (χ1n) is 8.12. The molecule has 0 aromatic carbocycles. The molecule has 2 amide bonds. The van der Waals surface area contributed by atoms with Crippen molar-refractivity contribution < 1.29 is 14.3 Å². The van der Waals surface area contributed by atoms with Gasteiger partial charge in [0, 0.05) is 38.9 Å². The average Bonchev–Trinajstić information content (AvgIpc) is 2.83. The molecule has 1 aliphatic heterocycles. The highest BCUT2D eigenvalue weighted by Crippen LogP contribution is 2.17. The summed E-state index contributed by atoms with van der Waals surface area (Å²) in [6.07, 6.45) is -0.373. The fraction of sp³-hybridized carbons (Fsp3) is 0.688. The third kappa shape index (κ3) is 4.05. The molecule has 134 valence electrons. The highest BCUT2D eigenvalue weighted by atomic mass is 16.6. The summed E-state index contributed by atoms with van der Waals surface area (Å²) in [4.78, 5) is 28.2. The third-order valence-corrected chi connectivity index (χ3v) is 4.00. The first-order chi connectivity index (χ1) is 11.1. The van der Waals surface area contributed by atoms with Gasteiger partial charge in [0.25, 0.3) is 5.91 Å². The molecule has 0 saturated carbocycles. The minimum absolute atomic E-state index is 0.155. The van der Waals surface area contributed by atoms with E-state index in [-0.39, 0.29) is 24.6 Å². The zero-order chi connectivity index (χ0) is 18.1. The predicted molar refractivity (Wildman–Crippen MR) is 89.6 cm³/mol. The van der Waals surface area contributed by atoms with Crippen molar-refractivity contribution in [2.24, 2.45) is 12.8 Å². The number of nitrogens with zero attached hydrogens (tertiary/aromatic N) is 4. The van der Waals surface area contributed by atoms with Crippen LogP contribution in [0.2, 0.25) is 0 Å². The van der Waals surface area contributed by atoms with Crippen molar-refractivity contribution >= 4 is 12.0 Å². The molecule has 1 aromatic heterocycles. The molecule has 1 aromatic rings. The molecule has 24 heavy (non-hydrogen) atoms. The third-order valence-electron chi connectivity index (χ3n) is 4.00. The Labute approximate surface area is 142 Å². The van der Waals surface area contributed by atoms with Gasteiger partial charge in [-0.1, -0.05) is 0 Å². The van der Waals surface area contributed by atoms with Crippen LogP contribution < -0.4 is 5.73 Å². The fourth-order valence-electron chi connectivity index (χ4n) is 2.63. The van der Waals surface area contributed by atoms with E-state index in [2.05, 4.69) is 5.10 Å². The molecule has 0 radical (unpaired) electrons. The molecule has 2 rings (SSSR count). The van der Waals surface area contributed by atoms with Crippen molar-refractivity contribution in [3.05, 3.63) is 17.5 Å². The van der Waals surface area contributed by atoms with Crippen molar-refractivity contribution in [3.63, 3.8) is 0 Å². The summed E-state index contributed by atoms with van der Waals surface area (Å²) in [7, 11) is 1.80. The molecule has 0 bridgehead atoms. The maximum Gasteiger partial charge on any atom is 0.410 e. The first-order valence-corrected chi connectivity index (χ1v) is 8.12. The number of rotatable bonds is 2. The molecule has 1 saturated heterocycles. The van der Waals surface area contributed by atoms with Gasteiger partial charge in [-0.25, -0.2) is 4.79 Å². The molecule has 2 heterocycles. The van der Waals surface area contributed by atoms with Crippen molar-refractivity contribution in [1.82, 2.24) is 19.6 Å². The van der Waals surface area contributed by atoms with E-state index >= 15 is 0 Å². The lowest BCUT2D eigenvalue weighted by Crippen LogP contribution is -2.59. The maximum absolute atomic E-state index is 12.7. The molecule has 1 aliphatic rings. The van der Waals surface area contributed by atoms with Crippen LogP contribution in [0, 0.1) is 6.92 Å². The van der Waals surface area contributed by atoms with Gasteiger partial charge in [0.15, 0.2) is 5.69 Å². The second kappa shape index (κ2) is 6.80. The van der Waals surface area contributed by atoms with Crippen LogP contribution in [0.15, 0.2) is 6.07 Å². The SMILES string of the molecule is Cc1cc(C(=O)N2CCN(C(=O)OC(C)(C)C)CC2CN)nn1C. The number of carbonyl (C=O) groups is 2. The van der Waals surface area contributed by atoms with Crippen LogP contribution in [0.5, 0.6) is 0 Å². The van der Waals surface area contributed by atoms with Gasteiger partial charge in [-0.3, -0.25) is 9.48 Å². The van der Waals surface area contributed by atoms with Crippen molar-refractivity contribution in [1.29, 1.82) is 0 Å². The van der Waals surface area contributed by atoms with E-state index in [1.165, 1.54) is 0 Å². The number of piperazine rings is 1. The number of carbonyl (C=O) groups excluding carboxylic acids is 2. The lowest BCUT2D eigenvalue weighted by Gasteiger charge is -2.40. The van der Waals surface area contributed by atoms with Crippen LogP contribution in [0.1, 0.15) is 37.0 Å². The monoisotopic (exact) mass is 337 g/mol. The van der Waals surface area contributed by atoms with Gasteiger partial charge in [-0.05, 0) is 33.8 Å². The van der Waals surface area contributed by atoms with E-state index in [0.717, 1.165) is 5.69 Å². The van der Waals surface area contributed by atoms with Crippen LogP contribution in [0.3, 0.4) is 0 Å². The Morgan fingerprint density at radius 2 is 2.04 bits per heavy atom. The molecule has 2 N–H and O–H groups in total. The van der Waals surface area contributed by atoms with Crippen molar-refractivity contribution in [3.8, 4) is 0 Å². The van der Waals surface area contributed by atoms with E-state index in [1.54, 1.807) is 27.6 Å². The summed E-state index contributed by atoms with van der Waals surface area (Å²) in [5, 5.41) is 4.24. The smallest absolute Gasteiger partial charge is 0.410 e. The number of aromatic nitrogens is 2. The van der Waals surface area contributed by atoms with E-state index in [4.69, 9.17) is 10.5 Å². The van der Waals surface area contributed by atoms with Gasteiger partial charge in [-0.15, -0.1) is 0 Å². The van der Waals surface area contributed by atoms with Crippen LogP contribution in [-0.4, -0.2) is 69.4 Å². The Bertz CT molecular complexity index is 600. The summed E-state index contributed by atoms with van der Waals surface area (Å²) >= 11 is 0. The minimum atomic E-state index is -0.548. The molecule has 1 unspecified atom stereocenters. The number of amides is 2. The van der Waals surface area contributed by atoms with E-state index in [9.17, 15) is 9.59 Å². The summed E-state index contributed by atoms with van der Waals surface area (Å²) in [6, 6.07) is 1.51. The van der Waals surface area contributed by atoms with E-state index in [1.807, 2.05) is 27.7 Å². The largest absolute Gasteiger partial charge is 0.444 e. The van der Waals surface area contributed by atoms with Gasteiger partial charge in [0.2, 0.25) is 0 Å². The minimum Gasteiger partial charge on any atom is -0.444 e. The Kier molecular flexibility index (Phi) is 5.17. The van der Waals surface area contributed by atoms with Crippen molar-refractivity contribution in [2.75, 3.05) is 26.2 Å². The number of hydrogen-bond donors (Lipinski definition) is 1. The molecule has 8 heteroatoms.